The molecule has 0 aliphatic carbocycles. The number of anilines is 2. The quantitative estimate of drug-likeness (QED) is 0.585. The lowest BCUT2D eigenvalue weighted by Gasteiger charge is -2.23. The minimum absolute atomic E-state index is 0.0212. The Hall–Kier alpha value is -3.69. The summed E-state index contributed by atoms with van der Waals surface area (Å²) in [7, 11) is 0. The minimum Gasteiger partial charge on any atom is -0.474 e. The molecule has 172 valence electrons. The number of hydrogen-bond donors (Lipinski definition) is 1. The van der Waals surface area contributed by atoms with Crippen LogP contribution >= 0.6 is 0 Å². The fraction of sp³-hybridized carbons (Fsp3) is 0.304. The van der Waals surface area contributed by atoms with Gasteiger partial charge in [0.05, 0.1) is 30.7 Å². The van der Waals surface area contributed by atoms with Crippen molar-refractivity contribution in [2.45, 2.75) is 32.3 Å². The Balaban J connectivity index is 1.72. The van der Waals surface area contributed by atoms with Gasteiger partial charge >= 0.3 is 0 Å². The minimum atomic E-state index is -2.88. The van der Waals surface area contributed by atoms with Gasteiger partial charge in [-0.15, -0.1) is 0 Å². The van der Waals surface area contributed by atoms with Crippen LogP contribution in [-0.4, -0.2) is 46.0 Å². The maximum Gasteiger partial charge on any atom is 0.275 e. The molecule has 1 aromatic carbocycles. The summed E-state index contributed by atoms with van der Waals surface area (Å²) in [6.07, 6.45) is 3.52. The first-order chi connectivity index (χ1) is 15.7. The maximum atomic E-state index is 14.6. The molecular formula is C23H22F3N5O2. The summed E-state index contributed by atoms with van der Waals surface area (Å²) in [5.41, 5.74) is 0.616. The lowest BCUT2D eigenvalue weighted by Crippen LogP contribution is -2.27. The van der Waals surface area contributed by atoms with Crippen molar-refractivity contribution in [3.8, 4) is 17.0 Å². The van der Waals surface area contributed by atoms with Crippen molar-refractivity contribution in [2.24, 2.45) is 0 Å². The summed E-state index contributed by atoms with van der Waals surface area (Å²) < 4.78 is 47.8. The van der Waals surface area contributed by atoms with E-state index in [-0.39, 0.29) is 47.7 Å². The van der Waals surface area contributed by atoms with Crippen LogP contribution in [-0.2, 0) is 0 Å². The number of halogens is 3. The van der Waals surface area contributed by atoms with Crippen molar-refractivity contribution >= 4 is 17.4 Å². The molecule has 1 aliphatic heterocycles. The molecular weight excluding hydrogens is 435 g/mol. The molecule has 0 bridgehead atoms. The highest BCUT2D eigenvalue weighted by Crippen LogP contribution is 2.39. The molecule has 7 nitrogen and oxygen atoms in total. The number of carbonyl (C=O) groups is 1. The highest BCUT2D eigenvalue weighted by molar-refractivity contribution is 6.07. The van der Waals surface area contributed by atoms with Gasteiger partial charge in [-0.1, -0.05) is 18.2 Å². The monoisotopic (exact) mass is 457 g/mol. The molecule has 0 atom stereocenters. The van der Waals surface area contributed by atoms with E-state index in [4.69, 9.17) is 4.74 Å². The highest BCUT2D eigenvalue weighted by atomic mass is 19.3. The van der Waals surface area contributed by atoms with Crippen molar-refractivity contribution in [3.63, 3.8) is 0 Å². The van der Waals surface area contributed by atoms with Gasteiger partial charge in [0.15, 0.2) is 5.82 Å². The number of amides is 1. The number of aromatic nitrogens is 3. The van der Waals surface area contributed by atoms with Crippen LogP contribution in [0.3, 0.4) is 0 Å². The lowest BCUT2D eigenvalue weighted by atomic mass is 10.0. The van der Waals surface area contributed by atoms with Gasteiger partial charge in [0.2, 0.25) is 5.88 Å². The van der Waals surface area contributed by atoms with E-state index >= 15 is 0 Å². The van der Waals surface area contributed by atoms with Crippen LogP contribution in [0.5, 0.6) is 5.88 Å². The molecule has 1 fully saturated rings. The first-order valence-electron chi connectivity index (χ1n) is 10.4. The SMILES string of the molecule is CC(C)Oc1cnc(C(=O)Nc2c(-c3ccccc3F)ccnc2N2CCC(F)(F)C2)cn1. The average molecular weight is 457 g/mol. The van der Waals surface area contributed by atoms with Gasteiger partial charge in [-0.05, 0) is 26.0 Å². The molecule has 33 heavy (non-hydrogen) atoms. The summed E-state index contributed by atoms with van der Waals surface area (Å²) in [5, 5.41) is 2.69. The van der Waals surface area contributed by atoms with Gasteiger partial charge in [-0.25, -0.2) is 28.1 Å². The second-order valence-electron chi connectivity index (χ2n) is 7.93. The summed E-state index contributed by atoms with van der Waals surface area (Å²) in [4.78, 5) is 26.7. The number of rotatable bonds is 6. The molecule has 0 saturated carbocycles. The van der Waals surface area contributed by atoms with E-state index < -0.39 is 24.2 Å². The third-order valence-electron chi connectivity index (χ3n) is 5.02. The third kappa shape index (κ3) is 5.05. The Bertz CT molecular complexity index is 1160. The number of hydrogen-bond acceptors (Lipinski definition) is 6. The van der Waals surface area contributed by atoms with Gasteiger partial charge < -0.3 is 15.0 Å². The number of pyridine rings is 1. The number of ether oxygens (including phenoxy) is 1. The van der Waals surface area contributed by atoms with Crippen LogP contribution in [0.15, 0.2) is 48.9 Å². The van der Waals surface area contributed by atoms with Crippen molar-refractivity contribution in [2.75, 3.05) is 23.3 Å². The number of alkyl halides is 2. The molecule has 1 amide bonds. The standard InChI is InChI=1S/C23H22F3N5O2/c1-14(2)33-19-12-28-18(11-29-19)22(32)30-20-16(15-5-3-4-6-17(15)24)7-9-27-21(20)31-10-8-23(25,26)13-31/h3-7,9,11-12,14H,8,10,13H2,1-2H3,(H,30,32). The smallest absolute Gasteiger partial charge is 0.275 e. The van der Waals surface area contributed by atoms with Gasteiger partial charge in [0.1, 0.15) is 11.5 Å². The van der Waals surface area contributed by atoms with E-state index in [0.29, 0.717) is 5.56 Å². The lowest BCUT2D eigenvalue weighted by molar-refractivity contribution is 0.0257. The van der Waals surface area contributed by atoms with Crippen molar-refractivity contribution in [3.05, 3.63) is 60.4 Å². The Morgan fingerprint density at radius 3 is 2.55 bits per heavy atom. The Labute approximate surface area is 188 Å². The third-order valence-corrected chi connectivity index (χ3v) is 5.02. The van der Waals surface area contributed by atoms with Gasteiger partial charge in [0.25, 0.3) is 11.8 Å². The molecule has 0 unspecified atom stereocenters. The summed E-state index contributed by atoms with van der Waals surface area (Å²) in [5.74, 6) is -3.65. The normalized spacial score (nSPS) is 15.0. The molecule has 0 spiro atoms. The summed E-state index contributed by atoms with van der Waals surface area (Å²) >= 11 is 0. The maximum absolute atomic E-state index is 14.6. The Kier molecular flexibility index (Phi) is 6.17. The van der Waals surface area contributed by atoms with Gasteiger partial charge in [0, 0.05) is 30.3 Å². The average Bonchev–Trinajstić information content (AvgIpc) is 3.14. The number of benzene rings is 1. The predicted octanol–water partition coefficient (Wildman–Crippen LogP) is 4.56. The molecule has 1 saturated heterocycles. The van der Waals surface area contributed by atoms with Gasteiger partial charge in [-0.3, -0.25) is 4.79 Å². The predicted molar refractivity (Wildman–Crippen MR) is 117 cm³/mol. The first kappa shape index (κ1) is 22.5. The molecule has 3 heterocycles. The molecule has 3 aromatic rings. The fourth-order valence-electron chi connectivity index (χ4n) is 3.55. The fourth-order valence-corrected chi connectivity index (χ4v) is 3.55. The molecule has 4 rings (SSSR count). The number of nitrogens with one attached hydrogen (secondary N) is 1. The molecule has 10 heteroatoms. The molecule has 2 aromatic heterocycles. The molecule has 1 N–H and O–H groups in total. The number of carbonyl (C=O) groups excluding carboxylic acids is 1. The van der Waals surface area contributed by atoms with Crippen LogP contribution < -0.4 is 15.0 Å². The van der Waals surface area contributed by atoms with Crippen molar-refractivity contribution < 1.29 is 22.7 Å². The van der Waals surface area contributed by atoms with Crippen LogP contribution in [0.1, 0.15) is 30.8 Å². The van der Waals surface area contributed by atoms with E-state index in [2.05, 4.69) is 20.3 Å². The zero-order chi connectivity index (χ0) is 23.6. The highest BCUT2D eigenvalue weighted by Gasteiger charge is 2.40. The van der Waals surface area contributed by atoms with E-state index in [1.165, 1.54) is 41.7 Å². The van der Waals surface area contributed by atoms with Crippen LogP contribution in [0.2, 0.25) is 0 Å². The van der Waals surface area contributed by atoms with Crippen LogP contribution in [0.25, 0.3) is 11.1 Å². The second kappa shape index (κ2) is 9.05. The summed E-state index contributed by atoms with van der Waals surface area (Å²) in [6.45, 7) is 3.16. The topological polar surface area (TPSA) is 80.2 Å². The van der Waals surface area contributed by atoms with E-state index in [1.807, 2.05) is 13.8 Å². The Morgan fingerprint density at radius 1 is 1.12 bits per heavy atom. The molecule has 0 radical (unpaired) electrons. The van der Waals surface area contributed by atoms with Crippen LogP contribution in [0, 0.1) is 5.82 Å². The molecule has 1 aliphatic rings. The summed E-state index contributed by atoms with van der Waals surface area (Å²) in [6, 6.07) is 7.53. The van der Waals surface area contributed by atoms with Crippen molar-refractivity contribution in [1.82, 2.24) is 15.0 Å². The largest absolute Gasteiger partial charge is 0.474 e. The Morgan fingerprint density at radius 2 is 1.91 bits per heavy atom. The van der Waals surface area contributed by atoms with Gasteiger partial charge in [-0.2, -0.15) is 0 Å². The van der Waals surface area contributed by atoms with E-state index in [1.54, 1.807) is 12.1 Å². The van der Waals surface area contributed by atoms with Crippen molar-refractivity contribution in [1.29, 1.82) is 0 Å². The zero-order valence-corrected chi connectivity index (χ0v) is 18.1. The zero-order valence-electron chi connectivity index (χ0n) is 18.1. The van der Waals surface area contributed by atoms with E-state index in [9.17, 15) is 18.0 Å². The number of nitrogens with zero attached hydrogens (tertiary/aromatic N) is 4. The second-order valence-corrected chi connectivity index (χ2v) is 7.93. The van der Waals surface area contributed by atoms with Crippen LogP contribution in [0.4, 0.5) is 24.7 Å². The first-order valence-corrected chi connectivity index (χ1v) is 10.4. The van der Waals surface area contributed by atoms with E-state index in [0.717, 1.165) is 0 Å².